The van der Waals surface area contributed by atoms with Crippen molar-refractivity contribution in [2.45, 2.75) is 6.61 Å². The Morgan fingerprint density at radius 1 is 1.07 bits per heavy atom. The first-order chi connectivity index (χ1) is 13.1. The van der Waals surface area contributed by atoms with E-state index >= 15 is 0 Å². The number of aromatic nitrogens is 1. The summed E-state index contributed by atoms with van der Waals surface area (Å²) < 4.78 is 5.72. The number of halogens is 2. The number of hydrogen-bond donors (Lipinski definition) is 1. The zero-order valence-electron chi connectivity index (χ0n) is 14.1. The summed E-state index contributed by atoms with van der Waals surface area (Å²) in [5.74, 6) is 0.306. The third-order valence-electron chi connectivity index (χ3n) is 3.58. The number of ether oxygens (including phenoxy) is 1. The molecule has 1 aromatic heterocycles. The number of amides is 1. The Hall–Kier alpha value is -2.89. The first-order valence-electron chi connectivity index (χ1n) is 8.03. The van der Waals surface area contributed by atoms with E-state index in [0.717, 1.165) is 16.9 Å². The maximum atomic E-state index is 12.0. The van der Waals surface area contributed by atoms with E-state index in [1.807, 2.05) is 48.5 Å². The third-order valence-corrected chi connectivity index (χ3v) is 4.14. The van der Waals surface area contributed by atoms with Crippen molar-refractivity contribution in [3.05, 3.63) is 93.7 Å². The summed E-state index contributed by atoms with van der Waals surface area (Å²) in [6.07, 6.45) is 3.05. The Balaban J connectivity index is 1.52. The van der Waals surface area contributed by atoms with Gasteiger partial charge in [-0.1, -0.05) is 35.3 Å². The summed E-state index contributed by atoms with van der Waals surface area (Å²) in [5.41, 5.74) is 4.53. The summed E-state index contributed by atoms with van der Waals surface area (Å²) in [4.78, 5) is 15.8. The van der Waals surface area contributed by atoms with Crippen molar-refractivity contribution in [2.24, 2.45) is 5.10 Å². The van der Waals surface area contributed by atoms with Gasteiger partial charge in [0.05, 0.1) is 11.8 Å². The lowest BCUT2D eigenvalue weighted by molar-refractivity contribution is 0.0955. The Labute approximate surface area is 166 Å². The lowest BCUT2D eigenvalue weighted by Crippen LogP contribution is -2.18. The molecule has 0 saturated carbocycles. The molecular weight excluding hydrogens is 385 g/mol. The van der Waals surface area contributed by atoms with Crippen molar-refractivity contribution in [2.75, 3.05) is 0 Å². The first kappa shape index (κ1) is 18.9. The van der Waals surface area contributed by atoms with E-state index in [9.17, 15) is 4.79 Å². The Bertz CT molecular complexity index is 942. The minimum atomic E-state index is -0.424. The van der Waals surface area contributed by atoms with E-state index in [0.29, 0.717) is 11.6 Å². The predicted octanol–water partition coefficient (Wildman–Crippen LogP) is 4.73. The van der Waals surface area contributed by atoms with Gasteiger partial charge in [-0.15, -0.1) is 0 Å². The van der Waals surface area contributed by atoms with Gasteiger partial charge in [0.2, 0.25) is 0 Å². The molecule has 0 bridgehead atoms. The van der Waals surface area contributed by atoms with Crippen LogP contribution in [0.3, 0.4) is 0 Å². The summed E-state index contributed by atoms with van der Waals surface area (Å²) in [5, 5.41) is 4.75. The molecule has 2 aromatic carbocycles. The summed E-state index contributed by atoms with van der Waals surface area (Å²) in [7, 11) is 0. The molecule has 5 nitrogen and oxygen atoms in total. The van der Waals surface area contributed by atoms with Gasteiger partial charge in [0.1, 0.15) is 17.5 Å². The fourth-order valence-corrected chi connectivity index (χ4v) is 2.51. The molecule has 1 N–H and O–H groups in total. The van der Waals surface area contributed by atoms with Crippen LogP contribution in [-0.4, -0.2) is 17.1 Å². The van der Waals surface area contributed by atoms with Crippen LogP contribution in [0, 0.1) is 0 Å². The number of carbonyl (C=O) groups is 1. The standard InChI is InChI=1S/C20H15Cl2N3O2/c21-16-7-3-15(4-8-16)13-27-17-9-5-14(6-10-17)12-24-25-20(26)18-2-1-11-23-19(18)22/h1-12H,13H2,(H,25,26)/b24-12+. The van der Waals surface area contributed by atoms with Crippen LogP contribution in [0.2, 0.25) is 10.2 Å². The highest BCUT2D eigenvalue weighted by Gasteiger charge is 2.09. The predicted molar refractivity (Wildman–Crippen MR) is 107 cm³/mol. The highest BCUT2D eigenvalue weighted by Crippen LogP contribution is 2.15. The van der Waals surface area contributed by atoms with Gasteiger partial charge in [0.15, 0.2) is 0 Å². The van der Waals surface area contributed by atoms with E-state index in [4.69, 9.17) is 27.9 Å². The van der Waals surface area contributed by atoms with Gasteiger partial charge in [0.25, 0.3) is 5.91 Å². The highest BCUT2D eigenvalue weighted by atomic mass is 35.5. The summed E-state index contributed by atoms with van der Waals surface area (Å²) in [6.45, 7) is 0.451. The third kappa shape index (κ3) is 5.54. The number of pyridine rings is 1. The molecule has 1 amide bonds. The molecule has 0 aliphatic heterocycles. The number of hydrazone groups is 1. The van der Waals surface area contributed by atoms with Crippen molar-refractivity contribution in [1.29, 1.82) is 0 Å². The molecule has 1 heterocycles. The zero-order chi connectivity index (χ0) is 19.1. The molecule has 27 heavy (non-hydrogen) atoms. The molecule has 7 heteroatoms. The van der Waals surface area contributed by atoms with Crippen molar-refractivity contribution < 1.29 is 9.53 Å². The zero-order valence-corrected chi connectivity index (χ0v) is 15.6. The minimum Gasteiger partial charge on any atom is -0.489 e. The number of nitrogens with one attached hydrogen (secondary N) is 1. The normalized spacial score (nSPS) is 10.7. The minimum absolute atomic E-state index is 0.132. The second-order valence-electron chi connectivity index (χ2n) is 5.53. The van der Waals surface area contributed by atoms with Crippen LogP contribution in [0.4, 0.5) is 0 Å². The van der Waals surface area contributed by atoms with Gasteiger partial charge in [0, 0.05) is 11.2 Å². The second-order valence-corrected chi connectivity index (χ2v) is 6.32. The number of nitrogens with zero attached hydrogens (tertiary/aromatic N) is 2. The molecule has 136 valence electrons. The van der Waals surface area contributed by atoms with Crippen LogP contribution >= 0.6 is 23.2 Å². The number of carbonyl (C=O) groups excluding carboxylic acids is 1. The van der Waals surface area contributed by atoms with Gasteiger partial charge >= 0.3 is 0 Å². The highest BCUT2D eigenvalue weighted by molar-refractivity contribution is 6.32. The summed E-state index contributed by atoms with van der Waals surface area (Å²) >= 11 is 11.7. The van der Waals surface area contributed by atoms with Crippen molar-refractivity contribution in [3.8, 4) is 5.75 Å². The lowest BCUT2D eigenvalue weighted by Gasteiger charge is -2.06. The Kier molecular flexibility index (Phi) is 6.41. The fourth-order valence-electron chi connectivity index (χ4n) is 2.18. The second kappa shape index (κ2) is 9.16. The van der Waals surface area contributed by atoms with Crippen LogP contribution in [0.15, 0.2) is 72.0 Å². The molecular formula is C20H15Cl2N3O2. The molecule has 0 unspecified atom stereocenters. The Morgan fingerprint density at radius 2 is 1.81 bits per heavy atom. The first-order valence-corrected chi connectivity index (χ1v) is 8.78. The Morgan fingerprint density at radius 3 is 2.52 bits per heavy atom. The van der Waals surface area contributed by atoms with Crippen molar-refractivity contribution in [3.63, 3.8) is 0 Å². The quantitative estimate of drug-likeness (QED) is 0.370. The SMILES string of the molecule is O=C(N/N=C/c1ccc(OCc2ccc(Cl)cc2)cc1)c1cccnc1Cl. The molecule has 0 aliphatic carbocycles. The molecule has 0 saturated heterocycles. The largest absolute Gasteiger partial charge is 0.489 e. The number of rotatable bonds is 6. The van der Waals surface area contributed by atoms with Crippen LogP contribution in [0.5, 0.6) is 5.75 Å². The van der Waals surface area contributed by atoms with Gasteiger partial charge < -0.3 is 4.74 Å². The molecule has 0 spiro atoms. The maximum Gasteiger partial charge on any atom is 0.274 e. The number of hydrogen-bond acceptors (Lipinski definition) is 4. The van der Waals surface area contributed by atoms with E-state index < -0.39 is 5.91 Å². The average molecular weight is 400 g/mol. The van der Waals surface area contributed by atoms with Gasteiger partial charge in [-0.2, -0.15) is 5.10 Å². The van der Waals surface area contributed by atoms with E-state index in [2.05, 4.69) is 15.5 Å². The monoisotopic (exact) mass is 399 g/mol. The van der Waals surface area contributed by atoms with Crippen LogP contribution in [-0.2, 0) is 6.61 Å². The molecule has 0 aliphatic rings. The van der Waals surface area contributed by atoms with Crippen LogP contribution < -0.4 is 10.2 Å². The maximum absolute atomic E-state index is 12.0. The van der Waals surface area contributed by atoms with Gasteiger partial charge in [-0.05, 0) is 59.7 Å². The van der Waals surface area contributed by atoms with E-state index in [-0.39, 0.29) is 10.7 Å². The smallest absolute Gasteiger partial charge is 0.274 e. The molecule has 0 radical (unpaired) electrons. The molecule has 0 fully saturated rings. The fraction of sp³-hybridized carbons (Fsp3) is 0.0500. The number of benzene rings is 2. The van der Waals surface area contributed by atoms with E-state index in [1.165, 1.54) is 12.4 Å². The van der Waals surface area contributed by atoms with Crippen molar-refractivity contribution in [1.82, 2.24) is 10.4 Å². The lowest BCUT2D eigenvalue weighted by atomic mass is 10.2. The molecule has 3 aromatic rings. The average Bonchev–Trinajstić information content (AvgIpc) is 2.69. The van der Waals surface area contributed by atoms with Crippen LogP contribution in [0.25, 0.3) is 0 Å². The molecule has 0 atom stereocenters. The molecule has 3 rings (SSSR count). The van der Waals surface area contributed by atoms with Crippen molar-refractivity contribution >= 4 is 35.3 Å². The van der Waals surface area contributed by atoms with Crippen LogP contribution in [0.1, 0.15) is 21.5 Å². The van der Waals surface area contributed by atoms with Gasteiger partial charge in [-0.25, -0.2) is 10.4 Å². The van der Waals surface area contributed by atoms with E-state index in [1.54, 1.807) is 12.1 Å². The van der Waals surface area contributed by atoms with Gasteiger partial charge in [-0.3, -0.25) is 4.79 Å². The topological polar surface area (TPSA) is 63.6 Å². The summed E-state index contributed by atoms with van der Waals surface area (Å²) in [6, 6.07) is 18.0.